The predicted molar refractivity (Wildman–Crippen MR) is 74.3 cm³/mol. The molecule has 1 N–H and O–H groups in total. The van der Waals surface area contributed by atoms with E-state index in [2.05, 4.69) is 43.5 Å². The lowest BCUT2D eigenvalue weighted by Gasteiger charge is -2.14. The zero-order chi connectivity index (χ0) is 12.8. The molecule has 0 radical (unpaired) electrons. The van der Waals surface area contributed by atoms with Crippen LogP contribution in [-0.4, -0.2) is 36.7 Å². The Bertz CT molecular complexity index is 376. The van der Waals surface area contributed by atoms with Gasteiger partial charge >= 0.3 is 0 Å². The molecule has 1 rings (SSSR count). The summed E-state index contributed by atoms with van der Waals surface area (Å²) in [5.41, 5.74) is 0. The van der Waals surface area contributed by atoms with Gasteiger partial charge in [-0.1, -0.05) is 0 Å². The second kappa shape index (κ2) is 7.34. The zero-order valence-corrected chi connectivity index (χ0v) is 13.2. The molecule has 0 saturated carbocycles. The molecule has 0 fully saturated rings. The summed E-state index contributed by atoms with van der Waals surface area (Å²) in [7, 11) is 1.53. The minimum atomic E-state index is -0.546. The molecule has 0 amide bonds. The summed E-state index contributed by atoms with van der Waals surface area (Å²) < 4.78 is 17.0. The molecule has 0 spiro atoms. The topological polar surface area (TPSA) is 60.8 Å². The Balaban J connectivity index is 2.89. The van der Waals surface area contributed by atoms with E-state index in [0.717, 1.165) is 3.70 Å². The molecular formula is C10H13BrINO4. The Morgan fingerprint density at radius 1 is 1.53 bits per heavy atom. The van der Waals surface area contributed by atoms with Gasteiger partial charge in [0.05, 0.1) is 6.10 Å². The van der Waals surface area contributed by atoms with Crippen LogP contribution in [0.25, 0.3) is 0 Å². The Labute approximate surface area is 122 Å². The highest BCUT2D eigenvalue weighted by Crippen LogP contribution is 2.35. The molecule has 1 atom stereocenters. The largest absolute Gasteiger partial charge is 0.487 e. The predicted octanol–water partition coefficient (Wildman–Crippen LogP) is 2.19. The number of halogens is 2. The Hall–Kier alpha value is -0.120. The van der Waals surface area contributed by atoms with Gasteiger partial charge in [0.25, 0.3) is 0 Å². The lowest BCUT2D eigenvalue weighted by molar-refractivity contribution is 0.0459. The number of nitrogens with zero attached hydrogens (tertiary/aromatic N) is 1. The third-order valence-electron chi connectivity index (χ3n) is 1.67. The molecule has 1 aromatic heterocycles. The monoisotopic (exact) mass is 417 g/mol. The van der Waals surface area contributed by atoms with E-state index >= 15 is 0 Å². The summed E-state index contributed by atoms with van der Waals surface area (Å²) in [6.45, 7) is 1.94. The van der Waals surface area contributed by atoms with Crippen molar-refractivity contribution in [3.63, 3.8) is 0 Å². The van der Waals surface area contributed by atoms with Gasteiger partial charge in [0, 0.05) is 13.2 Å². The molecule has 0 aliphatic heterocycles. The fraction of sp³-hybridized carbons (Fsp3) is 0.500. The van der Waals surface area contributed by atoms with Gasteiger partial charge in [-0.25, -0.2) is 4.98 Å². The number of aliphatic hydroxyl groups excluding tert-OH is 1. The number of aromatic nitrogens is 1. The van der Waals surface area contributed by atoms with Gasteiger partial charge in [-0.2, -0.15) is 0 Å². The fourth-order valence-electron chi connectivity index (χ4n) is 1.02. The van der Waals surface area contributed by atoms with Crippen molar-refractivity contribution in [1.29, 1.82) is 0 Å². The summed E-state index contributed by atoms with van der Waals surface area (Å²) in [6.07, 6.45) is -0.546. The normalized spacial score (nSPS) is 12.3. The minimum absolute atomic E-state index is 0.103. The Morgan fingerprint density at radius 2 is 2.24 bits per heavy atom. The molecular weight excluding hydrogens is 405 g/mol. The fourth-order valence-corrected chi connectivity index (χ4v) is 2.37. The third kappa shape index (κ3) is 4.94. The quantitative estimate of drug-likeness (QED) is 0.436. The second-order valence-corrected chi connectivity index (χ2v) is 5.13. The second-order valence-electron chi connectivity index (χ2n) is 3.27. The van der Waals surface area contributed by atoms with Gasteiger partial charge in [-0.15, -0.1) is 0 Å². The Kier molecular flexibility index (Phi) is 6.45. The number of pyridine rings is 1. The molecule has 96 valence electrons. The van der Waals surface area contributed by atoms with Crippen molar-refractivity contribution in [2.75, 3.05) is 20.5 Å². The maximum Gasteiger partial charge on any atom is 0.197 e. The smallest absolute Gasteiger partial charge is 0.197 e. The van der Waals surface area contributed by atoms with Crippen molar-refractivity contribution in [2.45, 2.75) is 13.0 Å². The van der Waals surface area contributed by atoms with E-state index in [0.29, 0.717) is 16.1 Å². The van der Waals surface area contributed by atoms with Crippen LogP contribution >= 0.6 is 38.5 Å². The summed E-state index contributed by atoms with van der Waals surface area (Å²) >= 11 is 5.37. The first kappa shape index (κ1) is 14.9. The van der Waals surface area contributed by atoms with Crippen LogP contribution in [0, 0.1) is 3.70 Å². The van der Waals surface area contributed by atoms with Crippen LogP contribution < -0.4 is 9.47 Å². The number of rotatable bonds is 6. The van der Waals surface area contributed by atoms with Crippen molar-refractivity contribution in [1.82, 2.24) is 4.98 Å². The lowest BCUT2D eigenvalue weighted by Crippen LogP contribution is -2.14. The SMILES string of the molecule is COCOc1c(OCC(C)O)cc(I)nc1Br. The number of hydrogen-bond acceptors (Lipinski definition) is 5. The maximum atomic E-state index is 9.20. The lowest BCUT2D eigenvalue weighted by atomic mass is 10.4. The average molecular weight is 418 g/mol. The zero-order valence-electron chi connectivity index (χ0n) is 9.44. The maximum absolute atomic E-state index is 9.20. The Morgan fingerprint density at radius 3 is 2.82 bits per heavy atom. The molecule has 1 heterocycles. The summed E-state index contributed by atoms with van der Waals surface area (Å²) in [5.74, 6) is 0.988. The first-order valence-electron chi connectivity index (χ1n) is 4.83. The van der Waals surface area contributed by atoms with Crippen molar-refractivity contribution >= 4 is 38.5 Å². The van der Waals surface area contributed by atoms with Crippen LogP contribution in [0.4, 0.5) is 0 Å². The van der Waals surface area contributed by atoms with E-state index < -0.39 is 6.10 Å². The van der Waals surface area contributed by atoms with E-state index in [4.69, 9.17) is 14.2 Å². The number of ether oxygens (including phenoxy) is 3. The van der Waals surface area contributed by atoms with E-state index in [1.807, 2.05) is 0 Å². The van der Waals surface area contributed by atoms with Crippen molar-refractivity contribution in [3.05, 3.63) is 14.4 Å². The first-order valence-corrected chi connectivity index (χ1v) is 6.70. The van der Waals surface area contributed by atoms with Gasteiger partial charge in [0.1, 0.15) is 10.3 Å². The van der Waals surface area contributed by atoms with Gasteiger partial charge in [-0.05, 0) is 45.4 Å². The average Bonchev–Trinajstić information content (AvgIpc) is 2.24. The van der Waals surface area contributed by atoms with Crippen LogP contribution in [-0.2, 0) is 4.74 Å². The van der Waals surface area contributed by atoms with Crippen LogP contribution in [0.1, 0.15) is 6.92 Å². The van der Waals surface area contributed by atoms with Crippen molar-refractivity contribution in [3.8, 4) is 11.5 Å². The number of aliphatic hydroxyl groups is 1. The van der Waals surface area contributed by atoms with Crippen LogP contribution in [0.5, 0.6) is 11.5 Å². The molecule has 7 heteroatoms. The van der Waals surface area contributed by atoms with E-state index in [9.17, 15) is 5.11 Å². The molecule has 0 aliphatic carbocycles. The van der Waals surface area contributed by atoms with Gasteiger partial charge in [-0.3, -0.25) is 0 Å². The van der Waals surface area contributed by atoms with E-state index in [1.165, 1.54) is 7.11 Å². The molecule has 0 saturated heterocycles. The van der Waals surface area contributed by atoms with Crippen LogP contribution in [0.15, 0.2) is 10.7 Å². The molecule has 1 unspecified atom stereocenters. The van der Waals surface area contributed by atoms with Gasteiger partial charge in [0.15, 0.2) is 22.9 Å². The molecule has 17 heavy (non-hydrogen) atoms. The highest BCUT2D eigenvalue weighted by Gasteiger charge is 2.13. The first-order chi connectivity index (χ1) is 8.04. The highest BCUT2D eigenvalue weighted by atomic mass is 127. The van der Waals surface area contributed by atoms with Crippen molar-refractivity contribution in [2.24, 2.45) is 0 Å². The van der Waals surface area contributed by atoms with Gasteiger partial charge in [0.2, 0.25) is 0 Å². The van der Waals surface area contributed by atoms with Gasteiger partial charge < -0.3 is 19.3 Å². The van der Waals surface area contributed by atoms with Crippen LogP contribution in [0.2, 0.25) is 0 Å². The summed E-state index contributed by atoms with van der Waals surface area (Å²) in [6, 6.07) is 1.73. The molecule has 0 aliphatic rings. The minimum Gasteiger partial charge on any atom is -0.487 e. The highest BCUT2D eigenvalue weighted by molar-refractivity contribution is 14.1. The third-order valence-corrected chi connectivity index (χ3v) is 2.76. The summed E-state index contributed by atoms with van der Waals surface area (Å²) in [5, 5.41) is 9.20. The van der Waals surface area contributed by atoms with Crippen LogP contribution in [0.3, 0.4) is 0 Å². The molecule has 0 aromatic carbocycles. The molecule has 1 aromatic rings. The molecule has 5 nitrogen and oxygen atoms in total. The molecule has 0 bridgehead atoms. The standard InChI is InChI=1S/C10H13BrINO4/c1-6(14)4-16-7-3-8(12)13-10(11)9(7)17-5-15-2/h3,6,14H,4-5H2,1-2H3. The summed E-state index contributed by atoms with van der Waals surface area (Å²) in [4.78, 5) is 4.19. The number of hydrogen-bond donors (Lipinski definition) is 1. The van der Waals surface area contributed by atoms with E-state index in [-0.39, 0.29) is 13.4 Å². The number of methoxy groups -OCH3 is 1. The van der Waals surface area contributed by atoms with Crippen molar-refractivity contribution < 1.29 is 19.3 Å². The van der Waals surface area contributed by atoms with E-state index in [1.54, 1.807) is 13.0 Å².